The molecule has 0 amide bonds. The van der Waals surface area contributed by atoms with Crippen LogP contribution in [0.5, 0.6) is 0 Å². The van der Waals surface area contributed by atoms with Gasteiger partial charge in [-0.1, -0.05) is 12.2 Å². The molecular weight excluding hydrogens is 134 g/mol. The molecule has 0 aromatic carbocycles. The third-order valence-electron chi connectivity index (χ3n) is 0.471. The Bertz CT molecular complexity index is 56.1. The van der Waals surface area contributed by atoms with Gasteiger partial charge in [-0.15, -0.1) is 13.2 Å². The minimum absolute atomic E-state index is 0. The molecule has 0 saturated heterocycles. The minimum atomic E-state index is 0. The van der Waals surface area contributed by atoms with Crippen molar-refractivity contribution in [2.45, 2.75) is 0 Å². The zero-order chi connectivity index (χ0) is 5.54. The van der Waals surface area contributed by atoms with E-state index in [1.54, 1.807) is 12.2 Å². The summed E-state index contributed by atoms with van der Waals surface area (Å²) in [5.74, 6) is 0. The van der Waals surface area contributed by atoms with Gasteiger partial charge < -0.3 is 4.74 Å². The summed E-state index contributed by atoms with van der Waals surface area (Å²) >= 11 is 0. The standard InChI is InChI=1S/C6H10O.2Na.2H/c1-3-5-7-6-4-2;;;;/h3-4H,1-2,5-6H2;;;;. The Balaban J connectivity index is -0.000000180. The molecule has 0 aromatic heterocycles. The van der Waals surface area contributed by atoms with E-state index in [0.717, 1.165) is 0 Å². The van der Waals surface area contributed by atoms with Crippen LogP contribution in [0.15, 0.2) is 25.3 Å². The van der Waals surface area contributed by atoms with Crippen molar-refractivity contribution in [2.75, 3.05) is 13.2 Å². The van der Waals surface area contributed by atoms with Crippen LogP contribution >= 0.6 is 0 Å². The van der Waals surface area contributed by atoms with E-state index in [0.29, 0.717) is 13.2 Å². The molecule has 0 aliphatic rings. The van der Waals surface area contributed by atoms with Crippen LogP contribution in [0, 0.1) is 0 Å². The molecular formula is C6H12Na2O. The molecule has 0 N–H and O–H groups in total. The van der Waals surface area contributed by atoms with Gasteiger partial charge >= 0.3 is 59.1 Å². The van der Waals surface area contributed by atoms with Crippen LogP contribution in [0.4, 0.5) is 0 Å². The van der Waals surface area contributed by atoms with E-state index in [2.05, 4.69) is 13.2 Å². The molecule has 0 spiro atoms. The Hall–Kier alpha value is 1.44. The molecule has 0 saturated carbocycles. The van der Waals surface area contributed by atoms with Crippen molar-refractivity contribution in [3.05, 3.63) is 25.3 Å². The Morgan fingerprint density at radius 1 is 1.00 bits per heavy atom. The van der Waals surface area contributed by atoms with Crippen molar-refractivity contribution in [1.29, 1.82) is 0 Å². The molecule has 9 heavy (non-hydrogen) atoms. The second-order valence-corrected chi connectivity index (χ2v) is 1.11. The molecule has 0 heterocycles. The van der Waals surface area contributed by atoms with Crippen LogP contribution in [0.25, 0.3) is 0 Å². The Morgan fingerprint density at radius 2 is 1.33 bits per heavy atom. The van der Waals surface area contributed by atoms with Gasteiger partial charge in [-0.2, -0.15) is 0 Å². The van der Waals surface area contributed by atoms with Crippen molar-refractivity contribution >= 4 is 59.1 Å². The quantitative estimate of drug-likeness (QED) is 0.310. The van der Waals surface area contributed by atoms with Gasteiger partial charge in [-0.3, -0.25) is 0 Å². The summed E-state index contributed by atoms with van der Waals surface area (Å²) in [4.78, 5) is 0. The number of hydrogen-bond acceptors (Lipinski definition) is 1. The average Bonchev–Trinajstić information content (AvgIpc) is 1.69. The van der Waals surface area contributed by atoms with Crippen molar-refractivity contribution in [3.8, 4) is 0 Å². The Morgan fingerprint density at radius 3 is 1.56 bits per heavy atom. The van der Waals surface area contributed by atoms with Crippen molar-refractivity contribution in [1.82, 2.24) is 0 Å². The van der Waals surface area contributed by atoms with Crippen molar-refractivity contribution < 1.29 is 4.74 Å². The fourth-order valence-corrected chi connectivity index (χ4v) is 0.235. The summed E-state index contributed by atoms with van der Waals surface area (Å²) in [5.41, 5.74) is 0. The fraction of sp³-hybridized carbons (Fsp3) is 0.333. The molecule has 0 aliphatic carbocycles. The van der Waals surface area contributed by atoms with Crippen molar-refractivity contribution in [3.63, 3.8) is 0 Å². The Kier molecular flexibility index (Phi) is 30.3. The average molecular weight is 146 g/mol. The molecule has 3 heteroatoms. The van der Waals surface area contributed by atoms with Gasteiger partial charge in [0.25, 0.3) is 0 Å². The maximum atomic E-state index is 4.90. The van der Waals surface area contributed by atoms with Gasteiger partial charge in [0.05, 0.1) is 13.2 Å². The monoisotopic (exact) mass is 146 g/mol. The van der Waals surface area contributed by atoms with Gasteiger partial charge in [-0.25, -0.2) is 0 Å². The zero-order valence-electron chi connectivity index (χ0n) is 4.39. The first-order valence-electron chi connectivity index (χ1n) is 2.21. The van der Waals surface area contributed by atoms with E-state index in [-0.39, 0.29) is 59.1 Å². The van der Waals surface area contributed by atoms with Crippen LogP contribution in [-0.2, 0) is 4.74 Å². The van der Waals surface area contributed by atoms with E-state index >= 15 is 0 Å². The number of hydrogen-bond donors (Lipinski definition) is 0. The second kappa shape index (κ2) is 16.2. The van der Waals surface area contributed by atoms with E-state index < -0.39 is 0 Å². The maximum absolute atomic E-state index is 4.90. The normalized spacial score (nSPS) is 6.22. The van der Waals surface area contributed by atoms with E-state index in [9.17, 15) is 0 Å². The molecule has 0 aromatic rings. The van der Waals surface area contributed by atoms with Gasteiger partial charge in [0.15, 0.2) is 0 Å². The van der Waals surface area contributed by atoms with Gasteiger partial charge in [-0.05, 0) is 0 Å². The zero-order valence-corrected chi connectivity index (χ0v) is 4.39. The predicted octanol–water partition coefficient (Wildman–Crippen LogP) is 0.0780. The molecule has 1 nitrogen and oxygen atoms in total. The number of ether oxygens (including phenoxy) is 1. The third-order valence-corrected chi connectivity index (χ3v) is 0.471. The SMILES string of the molecule is C=CCOCC=C.[NaH].[NaH]. The fourth-order valence-electron chi connectivity index (χ4n) is 0.235. The Labute approximate surface area is 101 Å². The van der Waals surface area contributed by atoms with E-state index in [1.165, 1.54) is 0 Å². The second-order valence-electron chi connectivity index (χ2n) is 1.11. The van der Waals surface area contributed by atoms with E-state index in [4.69, 9.17) is 4.74 Å². The summed E-state index contributed by atoms with van der Waals surface area (Å²) < 4.78 is 4.90. The first-order chi connectivity index (χ1) is 3.41. The summed E-state index contributed by atoms with van der Waals surface area (Å²) in [5, 5.41) is 0. The van der Waals surface area contributed by atoms with Gasteiger partial charge in [0.2, 0.25) is 0 Å². The van der Waals surface area contributed by atoms with E-state index in [1.807, 2.05) is 0 Å². The topological polar surface area (TPSA) is 9.23 Å². The van der Waals surface area contributed by atoms with Crippen LogP contribution < -0.4 is 0 Å². The molecule has 0 radical (unpaired) electrons. The van der Waals surface area contributed by atoms with Crippen LogP contribution in [0.3, 0.4) is 0 Å². The van der Waals surface area contributed by atoms with Crippen LogP contribution in [0.2, 0.25) is 0 Å². The first-order valence-corrected chi connectivity index (χ1v) is 2.21. The van der Waals surface area contributed by atoms with Crippen molar-refractivity contribution in [2.24, 2.45) is 0 Å². The molecule has 0 bridgehead atoms. The van der Waals surface area contributed by atoms with Gasteiger partial charge in [0, 0.05) is 0 Å². The van der Waals surface area contributed by atoms with Crippen LogP contribution in [0.1, 0.15) is 0 Å². The molecule has 0 unspecified atom stereocenters. The molecule has 0 fully saturated rings. The molecule has 0 atom stereocenters. The molecule has 0 rings (SSSR count). The predicted molar refractivity (Wildman–Crippen MR) is 45.5 cm³/mol. The molecule has 44 valence electrons. The third kappa shape index (κ3) is 17.7. The summed E-state index contributed by atoms with van der Waals surface area (Å²) in [6.07, 6.45) is 3.42. The first kappa shape index (κ1) is 16.8. The summed E-state index contributed by atoms with van der Waals surface area (Å²) in [6.45, 7) is 8.18. The van der Waals surface area contributed by atoms with Gasteiger partial charge in [0.1, 0.15) is 0 Å². The summed E-state index contributed by atoms with van der Waals surface area (Å²) in [6, 6.07) is 0. The molecule has 0 aliphatic heterocycles. The number of rotatable bonds is 4. The summed E-state index contributed by atoms with van der Waals surface area (Å²) in [7, 11) is 0. The van der Waals surface area contributed by atoms with Crippen LogP contribution in [-0.4, -0.2) is 72.3 Å².